The zero-order valence-electron chi connectivity index (χ0n) is 9.46. The summed E-state index contributed by atoms with van der Waals surface area (Å²) in [5, 5.41) is 13.3. The highest BCUT2D eigenvalue weighted by Crippen LogP contribution is 2.32. The number of carboxylic acids is 1. The van der Waals surface area contributed by atoms with Crippen LogP contribution in [0.4, 0.5) is 0 Å². The van der Waals surface area contributed by atoms with Crippen LogP contribution in [0.1, 0.15) is 19.3 Å². The van der Waals surface area contributed by atoms with E-state index >= 15 is 0 Å². The van der Waals surface area contributed by atoms with Crippen molar-refractivity contribution >= 4 is 5.97 Å². The minimum atomic E-state index is -0.750. The second kappa shape index (κ2) is 4.25. The first-order chi connectivity index (χ1) is 7.62. The lowest BCUT2D eigenvalue weighted by atomic mass is 9.84. The molecule has 1 saturated heterocycles. The first-order valence-corrected chi connectivity index (χ1v) is 5.53. The molecule has 0 radical (unpaired) electrons. The number of hydrogen-bond acceptors (Lipinski definition) is 3. The van der Waals surface area contributed by atoms with Crippen LogP contribution in [0, 0.1) is 0 Å². The fourth-order valence-electron chi connectivity index (χ4n) is 2.35. The third-order valence-electron chi connectivity index (χ3n) is 3.39. The molecule has 0 spiro atoms. The second-order valence-corrected chi connectivity index (χ2v) is 4.55. The van der Waals surface area contributed by atoms with Gasteiger partial charge >= 0.3 is 5.97 Å². The van der Waals surface area contributed by atoms with E-state index in [2.05, 4.69) is 17.0 Å². The highest BCUT2D eigenvalue weighted by molar-refractivity contribution is 5.68. The van der Waals surface area contributed by atoms with Crippen molar-refractivity contribution in [2.45, 2.75) is 24.8 Å². The van der Waals surface area contributed by atoms with Crippen molar-refractivity contribution in [2.24, 2.45) is 0 Å². The van der Waals surface area contributed by atoms with Gasteiger partial charge in [0.05, 0.1) is 12.0 Å². The minimum absolute atomic E-state index is 0.155. The largest absolute Gasteiger partial charge is 0.481 e. The van der Waals surface area contributed by atoms with E-state index in [9.17, 15) is 4.79 Å². The number of carbonyl (C=O) groups is 1. The number of aliphatic carboxylic acids is 1. The van der Waals surface area contributed by atoms with Gasteiger partial charge in [-0.05, 0) is 26.0 Å². The summed E-state index contributed by atoms with van der Waals surface area (Å²) in [5.41, 5.74) is -0.332. The smallest absolute Gasteiger partial charge is 0.305 e. The standard InChI is InChI=1S/C11H17N3O2/c1-13-7-3-11(4-8-13,9-10(15)16)14-6-2-5-12-14/h2,5-6H,3-4,7-9H2,1H3,(H,15,16). The Kier molecular flexibility index (Phi) is 2.96. The van der Waals surface area contributed by atoms with Crippen LogP contribution in [0.3, 0.4) is 0 Å². The van der Waals surface area contributed by atoms with Gasteiger partial charge in [0.2, 0.25) is 0 Å². The third-order valence-corrected chi connectivity index (χ3v) is 3.39. The van der Waals surface area contributed by atoms with E-state index in [4.69, 9.17) is 5.11 Å². The number of aromatic nitrogens is 2. The average Bonchev–Trinajstić information content (AvgIpc) is 2.75. The number of rotatable bonds is 3. The average molecular weight is 223 g/mol. The molecule has 1 aromatic rings. The number of likely N-dealkylation sites (tertiary alicyclic amines) is 1. The van der Waals surface area contributed by atoms with Crippen molar-refractivity contribution in [3.63, 3.8) is 0 Å². The van der Waals surface area contributed by atoms with E-state index in [-0.39, 0.29) is 12.0 Å². The fraction of sp³-hybridized carbons (Fsp3) is 0.636. The molecule has 0 unspecified atom stereocenters. The van der Waals surface area contributed by atoms with Crippen LogP contribution in [0.2, 0.25) is 0 Å². The highest BCUT2D eigenvalue weighted by atomic mass is 16.4. The Morgan fingerprint density at radius 1 is 1.50 bits per heavy atom. The van der Waals surface area contributed by atoms with E-state index in [1.165, 1.54) is 0 Å². The van der Waals surface area contributed by atoms with Gasteiger partial charge in [-0.1, -0.05) is 0 Å². The number of hydrogen-bond donors (Lipinski definition) is 1. The zero-order chi connectivity index (χ0) is 11.6. The lowest BCUT2D eigenvalue weighted by Gasteiger charge is -2.39. The van der Waals surface area contributed by atoms with Crippen molar-refractivity contribution < 1.29 is 9.90 Å². The molecule has 0 amide bonds. The molecule has 2 heterocycles. The Bertz CT molecular complexity index is 353. The van der Waals surface area contributed by atoms with Crippen molar-refractivity contribution in [3.8, 4) is 0 Å². The van der Waals surface area contributed by atoms with Gasteiger partial charge in [-0.3, -0.25) is 9.48 Å². The summed E-state index contributed by atoms with van der Waals surface area (Å²) in [6.45, 7) is 1.85. The van der Waals surface area contributed by atoms with Gasteiger partial charge in [0.25, 0.3) is 0 Å². The van der Waals surface area contributed by atoms with Crippen LogP contribution >= 0.6 is 0 Å². The van der Waals surface area contributed by atoms with Gasteiger partial charge in [0.1, 0.15) is 0 Å². The van der Waals surface area contributed by atoms with E-state index < -0.39 is 5.97 Å². The summed E-state index contributed by atoms with van der Waals surface area (Å²) < 4.78 is 1.83. The fourth-order valence-corrected chi connectivity index (χ4v) is 2.35. The third kappa shape index (κ3) is 2.09. The monoisotopic (exact) mass is 223 g/mol. The SMILES string of the molecule is CN1CCC(CC(=O)O)(n2cccn2)CC1. The van der Waals surface area contributed by atoms with E-state index in [1.54, 1.807) is 6.20 Å². The van der Waals surface area contributed by atoms with Gasteiger partial charge in [-0.25, -0.2) is 0 Å². The Morgan fingerprint density at radius 2 is 2.19 bits per heavy atom. The Morgan fingerprint density at radius 3 is 2.69 bits per heavy atom. The number of nitrogens with zero attached hydrogens (tertiary/aromatic N) is 3. The normalized spacial score (nSPS) is 20.8. The molecule has 5 heteroatoms. The summed E-state index contributed by atoms with van der Waals surface area (Å²) in [5.74, 6) is -0.750. The molecule has 1 aliphatic rings. The van der Waals surface area contributed by atoms with Crippen molar-refractivity contribution in [1.82, 2.24) is 14.7 Å². The molecule has 16 heavy (non-hydrogen) atoms. The maximum Gasteiger partial charge on any atom is 0.305 e. The molecular formula is C11H17N3O2. The molecule has 88 valence electrons. The van der Waals surface area contributed by atoms with Crippen LogP contribution < -0.4 is 0 Å². The Balaban J connectivity index is 2.23. The first-order valence-electron chi connectivity index (χ1n) is 5.53. The Hall–Kier alpha value is -1.36. The van der Waals surface area contributed by atoms with Gasteiger partial charge in [0, 0.05) is 25.5 Å². The van der Waals surface area contributed by atoms with Crippen LogP contribution in [0.5, 0.6) is 0 Å². The summed E-state index contributed by atoms with van der Waals surface area (Å²) in [4.78, 5) is 13.2. The molecule has 0 bridgehead atoms. The lowest BCUT2D eigenvalue weighted by molar-refractivity contribution is -0.140. The van der Waals surface area contributed by atoms with Crippen LogP contribution in [0.15, 0.2) is 18.5 Å². The predicted octanol–water partition coefficient (Wildman–Crippen LogP) is 0.779. The molecule has 0 atom stereocenters. The topological polar surface area (TPSA) is 58.4 Å². The molecule has 2 rings (SSSR count). The van der Waals surface area contributed by atoms with Gasteiger partial charge in [-0.2, -0.15) is 5.10 Å². The maximum atomic E-state index is 11.0. The van der Waals surface area contributed by atoms with Crippen molar-refractivity contribution in [2.75, 3.05) is 20.1 Å². The molecule has 1 aromatic heterocycles. The van der Waals surface area contributed by atoms with Crippen LogP contribution in [-0.2, 0) is 10.3 Å². The van der Waals surface area contributed by atoms with Crippen molar-refractivity contribution in [1.29, 1.82) is 0 Å². The molecule has 1 fully saturated rings. The Labute approximate surface area is 94.7 Å². The quantitative estimate of drug-likeness (QED) is 0.822. The molecule has 1 N–H and O–H groups in total. The van der Waals surface area contributed by atoms with Crippen molar-refractivity contribution in [3.05, 3.63) is 18.5 Å². The van der Waals surface area contributed by atoms with Crippen LogP contribution in [-0.4, -0.2) is 45.9 Å². The maximum absolute atomic E-state index is 11.0. The minimum Gasteiger partial charge on any atom is -0.481 e. The van der Waals surface area contributed by atoms with E-state index in [0.29, 0.717) is 0 Å². The van der Waals surface area contributed by atoms with Crippen LogP contribution in [0.25, 0.3) is 0 Å². The molecule has 0 saturated carbocycles. The molecule has 1 aliphatic heterocycles. The number of carboxylic acid groups (broad SMARTS) is 1. The van der Waals surface area contributed by atoms with Gasteiger partial charge < -0.3 is 10.0 Å². The van der Waals surface area contributed by atoms with Gasteiger partial charge in [0.15, 0.2) is 0 Å². The first kappa shape index (κ1) is 11.1. The summed E-state index contributed by atoms with van der Waals surface area (Å²) in [6, 6.07) is 1.85. The lowest BCUT2D eigenvalue weighted by Crippen LogP contribution is -2.46. The van der Waals surface area contributed by atoms with E-state index in [1.807, 2.05) is 16.9 Å². The van der Waals surface area contributed by atoms with Gasteiger partial charge in [-0.15, -0.1) is 0 Å². The summed E-state index contributed by atoms with van der Waals surface area (Å²) in [6.07, 6.45) is 5.42. The summed E-state index contributed by atoms with van der Waals surface area (Å²) in [7, 11) is 2.06. The molecule has 5 nitrogen and oxygen atoms in total. The second-order valence-electron chi connectivity index (χ2n) is 4.55. The molecule has 0 aliphatic carbocycles. The zero-order valence-corrected chi connectivity index (χ0v) is 9.46. The summed E-state index contributed by atoms with van der Waals surface area (Å²) >= 11 is 0. The highest BCUT2D eigenvalue weighted by Gasteiger charge is 2.37. The molecular weight excluding hydrogens is 206 g/mol. The predicted molar refractivity (Wildman–Crippen MR) is 59.2 cm³/mol. The van der Waals surface area contributed by atoms with E-state index in [0.717, 1.165) is 25.9 Å². The molecule has 0 aromatic carbocycles. The number of piperidine rings is 1.